The zero-order chi connectivity index (χ0) is 9.56. The number of amides is 1. The van der Waals surface area contributed by atoms with Gasteiger partial charge in [0.05, 0.1) is 6.54 Å². The summed E-state index contributed by atoms with van der Waals surface area (Å²) in [7, 11) is 1.23. The number of nitrogens with zero attached hydrogens (tertiary/aromatic N) is 1. The lowest BCUT2D eigenvalue weighted by molar-refractivity contribution is -0.128. The van der Waals surface area contributed by atoms with Gasteiger partial charge >= 0.3 is 0 Å². The van der Waals surface area contributed by atoms with E-state index in [-0.39, 0.29) is 18.2 Å². The Balaban J connectivity index is 4.07. The molecule has 0 aliphatic carbocycles. The topological polar surface area (TPSA) is 37.4 Å². The van der Waals surface area contributed by atoms with E-state index in [9.17, 15) is 9.59 Å². The van der Waals surface area contributed by atoms with Gasteiger partial charge in [-0.25, -0.2) is 0 Å². The SMILES string of the molecule is C=CC(=O)CN(SI)C(=O)CC. The second kappa shape index (κ2) is 6.47. The number of carbonyl (C=O) groups excluding carboxylic acids is 2. The van der Waals surface area contributed by atoms with Gasteiger partial charge in [-0.05, 0) is 6.08 Å². The molecule has 0 aliphatic heterocycles. The molecule has 0 aromatic rings. The van der Waals surface area contributed by atoms with E-state index >= 15 is 0 Å². The van der Waals surface area contributed by atoms with Gasteiger partial charge in [0, 0.05) is 36.7 Å². The van der Waals surface area contributed by atoms with E-state index in [0.29, 0.717) is 6.42 Å². The molecule has 0 spiro atoms. The van der Waals surface area contributed by atoms with Crippen LogP contribution in [0.25, 0.3) is 0 Å². The van der Waals surface area contributed by atoms with Crippen LogP contribution in [0.3, 0.4) is 0 Å². The van der Waals surface area contributed by atoms with Gasteiger partial charge in [-0.15, -0.1) is 0 Å². The van der Waals surface area contributed by atoms with Crippen molar-refractivity contribution in [2.24, 2.45) is 0 Å². The van der Waals surface area contributed by atoms with Crippen molar-refractivity contribution in [1.82, 2.24) is 4.31 Å². The van der Waals surface area contributed by atoms with Gasteiger partial charge in [0.2, 0.25) is 5.91 Å². The summed E-state index contributed by atoms with van der Waals surface area (Å²) in [6, 6.07) is 0. The maximum Gasteiger partial charge on any atom is 0.233 e. The minimum Gasteiger partial charge on any atom is -0.293 e. The Morgan fingerprint density at radius 1 is 1.67 bits per heavy atom. The number of hydrogen-bond donors (Lipinski definition) is 0. The van der Waals surface area contributed by atoms with Gasteiger partial charge in [0.25, 0.3) is 0 Å². The molecule has 0 aromatic carbocycles. The van der Waals surface area contributed by atoms with E-state index in [1.807, 2.05) is 21.2 Å². The number of hydrogen-bond acceptors (Lipinski definition) is 3. The Hall–Kier alpha value is -0.0400. The zero-order valence-electron chi connectivity index (χ0n) is 6.75. The van der Waals surface area contributed by atoms with Crippen LogP contribution < -0.4 is 0 Å². The minimum absolute atomic E-state index is 0.0374. The smallest absolute Gasteiger partial charge is 0.233 e. The molecule has 0 unspecified atom stereocenters. The zero-order valence-corrected chi connectivity index (χ0v) is 9.72. The molecule has 0 aromatic heterocycles. The van der Waals surface area contributed by atoms with Crippen LogP contribution in [0.5, 0.6) is 0 Å². The summed E-state index contributed by atoms with van der Waals surface area (Å²) < 4.78 is 1.42. The van der Waals surface area contributed by atoms with E-state index in [1.54, 1.807) is 6.92 Å². The third-order valence-corrected chi connectivity index (χ3v) is 3.12. The van der Waals surface area contributed by atoms with E-state index < -0.39 is 0 Å². The molecule has 0 atom stereocenters. The molecule has 0 heterocycles. The fraction of sp³-hybridized carbons (Fsp3) is 0.429. The quantitative estimate of drug-likeness (QED) is 0.442. The van der Waals surface area contributed by atoms with Crippen LogP contribution in [0.2, 0.25) is 0 Å². The van der Waals surface area contributed by atoms with Crippen LogP contribution in [0.1, 0.15) is 13.3 Å². The number of carbonyl (C=O) groups is 2. The highest BCUT2D eigenvalue weighted by atomic mass is 127. The molecule has 1 amide bonds. The molecular formula is C7H10INO2S. The van der Waals surface area contributed by atoms with Crippen molar-refractivity contribution in [2.75, 3.05) is 6.54 Å². The standard InChI is InChI=1S/C7H10INO2S/c1-3-6(10)5-9(12-8)7(11)4-2/h3H,1,4-5H2,2H3. The summed E-state index contributed by atoms with van der Waals surface area (Å²) in [5, 5.41) is 0. The second-order valence-electron chi connectivity index (χ2n) is 2.02. The van der Waals surface area contributed by atoms with Crippen LogP contribution in [-0.4, -0.2) is 22.5 Å². The van der Waals surface area contributed by atoms with Gasteiger partial charge in [0.1, 0.15) is 0 Å². The molecule has 5 heteroatoms. The molecular weight excluding hydrogens is 289 g/mol. The lowest BCUT2D eigenvalue weighted by Gasteiger charge is -2.14. The third kappa shape index (κ3) is 4.10. The van der Waals surface area contributed by atoms with Crippen molar-refractivity contribution in [3.05, 3.63) is 12.7 Å². The van der Waals surface area contributed by atoms with Gasteiger partial charge in [-0.3, -0.25) is 13.9 Å². The lowest BCUT2D eigenvalue weighted by atomic mass is 10.3. The van der Waals surface area contributed by atoms with Crippen molar-refractivity contribution >= 4 is 42.0 Å². The highest BCUT2D eigenvalue weighted by Crippen LogP contribution is 2.19. The third-order valence-electron chi connectivity index (χ3n) is 1.19. The van der Waals surface area contributed by atoms with Crippen molar-refractivity contribution in [2.45, 2.75) is 13.3 Å². The first-order valence-corrected chi connectivity index (χ1v) is 6.71. The fourth-order valence-corrected chi connectivity index (χ4v) is 1.99. The summed E-state index contributed by atoms with van der Waals surface area (Å²) in [5.74, 6) is -0.175. The van der Waals surface area contributed by atoms with Crippen LogP contribution >= 0.6 is 30.3 Å². The second-order valence-corrected chi connectivity index (χ2v) is 3.78. The molecule has 0 bridgehead atoms. The monoisotopic (exact) mass is 299 g/mol. The van der Waals surface area contributed by atoms with Crippen LogP contribution in [-0.2, 0) is 9.59 Å². The molecule has 0 fully saturated rings. The van der Waals surface area contributed by atoms with E-state index in [1.165, 1.54) is 19.5 Å². The van der Waals surface area contributed by atoms with Gasteiger partial charge < -0.3 is 0 Å². The van der Waals surface area contributed by atoms with Gasteiger partial charge in [0.15, 0.2) is 5.78 Å². The summed E-state index contributed by atoms with van der Waals surface area (Å²) in [6.07, 6.45) is 1.64. The van der Waals surface area contributed by atoms with E-state index in [4.69, 9.17) is 0 Å². The maximum absolute atomic E-state index is 11.1. The van der Waals surface area contributed by atoms with Crippen LogP contribution in [0.4, 0.5) is 0 Å². The Labute approximate surface area is 88.3 Å². The molecule has 12 heavy (non-hydrogen) atoms. The number of rotatable bonds is 5. The molecule has 0 saturated heterocycles. The predicted molar refractivity (Wildman–Crippen MR) is 58.8 cm³/mol. The summed E-state index contributed by atoms with van der Waals surface area (Å²) in [5.41, 5.74) is 0. The molecule has 3 nitrogen and oxygen atoms in total. The molecule has 0 aliphatic rings. The fourth-order valence-electron chi connectivity index (χ4n) is 0.533. The van der Waals surface area contributed by atoms with Crippen molar-refractivity contribution in [1.29, 1.82) is 0 Å². The molecule has 0 N–H and O–H groups in total. The van der Waals surface area contributed by atoms with Crippen molar-refractivity contribution < 1.29 is 9.59 Å². The summed E-state index contributed by atoms with van der Waals surface area (Å²) >= 11 is 1.97. The highest BCUT2D eigenvalue weighted by molar-refractivity contribution is 14.2. The first-order chi connectivity index (χ1) is 5.65. The van der Waals surface area contributed by atoms with E-state index in [0.717, 1.165) is 0 Å². The summed E-state index contributed by atoms with van der Waals surface area (Å²) in [6.45, 7) is 5.21. The average Bonchev–Trinajstić information content (AvgIpc) is 2.12. The first kappa shape index (κ1) is 12.0. The highest BCUT2D eigenvalue weighted by Gasteiger charge is 2.13. The average molecular weight is 299 g/mol. The Morgan fingerprint density at radius 3 is 2.58 bits per heavy atom. The molecule has 68 valence electrons. The van der Waals surface area contributed by atoms with Crippen LogP contribution in [0.15, 0.2) is 12.7 Å². The minimum atomic E-state index is -0.138. The Morgan fingerprint density at radius 2 is 2.25 bits per heavy atom. The number of halogens is 1. The lowest BCUT2D eigenvalue weighted by Crippen LogP contribution is -2.27. The molecule has 0 radical (unpaired) electrons. The molecule has 0 saturated carbocycles. The van der Waals surface area contributed by atoms with E-state index in [2.05, 4.69) is 6.58 Å². The van der Waals surface area contributed by atoms with Gasteiger partial charge in [-0.2, -0.15) is 0 Å². The number of ketones is 1. The first-order valence-electron chi connectivity index (χ1n) is 3.40. The van der Waals surface area contributed by atoms with Crippen molar-refractivity contribution in [3.63, 3.8) is 0 Å². The molecule has 0 rings (SSSR count). The van der Waals surface area contributed by atoms with Crippen molar-refractivity contribution in [3.8, 4) is 0 Å². The van der Waals surface area contributed by atoms with Crippen LogP contribution in [0, 0.1) is 0 Å². The van der Waals surface area contributed by atoms with Gasteiger partial charge in [-0.1, -0.05) is 13.5 Å². The predicted octanol–water partition coefficient (Wildman–Crippen LogP) is 1.98. The Kier molecular flexibility index (Phi) is 6.45. The largest absolute Gasteiger partial charge is 0.293 e. The normalized spacial score (nSPS) is 9.17. The maximum atomic E-state index is 11.1. The Bertz CT molecular complexity index is 196. The summed E-state index contributed by atoms with van der Waals surface area (Å²) in [4.78, 5) is 22.0.